The molecule has 17 rings (SSSR count). The van der Waals surface area contributed by atoms with Gasteiger partial charge in [-0.2, -0.15) is 0 Å². The lowest BCUT2D eigenvalue weighted by molar-refractivity contribution is 0.165. The molecule has 5 saturated carbocycles. The lowest BCUT2D eigenvalue weighted by Gasteiger charge is -2.37. The van der Waals surface area contributed by atoms with E-state index in [1.807, 2.05) is 0 Å². The van der Waals surface area contributed by atoms with Crippen molar-refractivity contribution < 1.29 is 0 Å². The Hall–Kier alpha value is -9.36. The van der Waals surface area contributed by atoms with Crippen LogP contribution in [0.5, 0.6) is 0 Å². The summed E-state index contributed by atoms with van der Waals surface area (Å²) in [7, 11) is 0. The molecule has 0 N–H and O–H groups in total. The molecule has 0 spiro atoms. The third-order valence-corrected chi connectivity index (χ3v) is 36.7. The van der Waals surface area contributed by atoms with Gasteiger partial charge in [0.05, 0.1) is 0 Å². The van der Waals surface area contributed by atoms with Crippen LogP contribution < -0.4 is 0 Å². The van der Waals surface area contributed by atoms with Gasteiger partial charge in [-0.3, -0.25) is 0 Å². The molecular weight excluding hydrogens is 1780 g/mol. The Balaban J connectivity index is 0.000000156. The number of aryl methyl sites for hydroxylation is 9. The van der Waals surface area contributed by atoms with Crippen molar-refractivity contribution in [1.29, 1.82) is 0 Å². The summed E-state index contributed by atoms with van der Waals surface area (Å²) < 4.78 is 0. The quantitative estimate of drug-likeness (QED) is 0.0380. The van der Waals surface area contributed by atoms with Crippen LogP contribution in [0.15, 0.2) is 243 Å². The van der Waals surface area contributed by atoms with E-state index in [9.17, 15) is 0 Å². The van der Waals surface area contributed by atoms with Crippen LogP contribution in [-0.2, 0) is 105 Å². The highest BCUT2D eigenvalue weighted by molar-refractivity contribution is 5.50. The van der Waals surface area contributed by atoms with Crippen molar-refractivity contribution in [2.24, 2.45) is 47.3 Å². The highest BCUT2D eigenvalue weighted by Gasteiger charge is 2.34. The average molecular weight is 1980 g/mol. The zero-order valence-electron chi connectivity index (χ0n) is 97.9. The molecule has 12 aromatic carbocycles. The topological polar surface area (TPSA) is 0 Å². The van der Waals surface area contributed by atoms with E-state index >= 15 is 0 Å². The van der Waals surface area contributed by atoms with Crippen LogP contribution in [0.3, 0.4) is 0 Å². The molecule has 0 bridgehead atoms. The summed E-state index contributed by atoms with van der Waals surface area (Å²) in [5.41, 5.74) is 48.0. The molecule has 5 fully saturated rings. The molecule has 0 aromatic heterocycles. The van der Waals surface area contributed by atoms with Crippen LogP contribution in [0.4, 0.5) is 0 Å². The second kappa shape index (κ2) is 53.3. The smallest absolute Gasteiger partial charge is 0.00201 e. The van der Waals surface area contributed by atoms with Gasteiger partial charge in [0.1, 0.15) is 0 Å². The van der Waals surface area contributed by atoms with Gasteiger partial charge in [-0.05, 0) is 472 Å². The third-order valence-electron chi connectivity index (χ3n) is 36.7. The first kappa shape index (κ1) is 114. The molecule has 790 valence electrons. The van der Waals surface area contributed by atoms with Gasteiger partial charge in [-0.15, -0.1) is 0 Å². The molecule has 12 aromatic rings. The molecule has 0 nitrogen and oxygen atoms in total. The molecule has 0 aliphatic heterocycles. The van der Waals surface area contributed by atoms with E-state index in [4.69, 9.17) is 0 Å². The molecule has 148 heavy (non-hydrogen) atoms. The standard InChI is InChI=1S/C40H54.3C36H48/c1-7-31-26-36(34-20-18-33(19-21-34)32-16-12-28(2)13-17-32)23-22-35(31)24-30-15-14-29(3)38(25-30)27-37-10-8-9-11-39(37)40(4,5)6;2*1-8-28-23-32(30-17-15-29(16-18-30)25(2)3)20-19-31(28)21-27-14-13-26(4)34(22-27)24-33-11-9-10-12-35(33)36(5,6)7;1-6-31-23-29(16-10-9-15-28-13-7-8-14-28)21-22-32(31)24-30-20-19-27(2)34(25-30)26-33-17-11-12-18-35(33)36(3,4)5/h8-11,14-15,22-23,25-26,28,32-34H,7,12-13,16-21,24,27H2,1-6H3;2*9-14,19-20,22-23,25,29-30H,8,15-18,21,24H2,1-7H3;11-12,17-23,25,28H,6-10,13-16,24,26H2,1-5H3. The maximum atomic E-state index is 2.58. The first-order valence-corrected chi connectivity index (χ1v) is 60.0. The van der Waals surface area contributed by atoms with Gasteiger partial charge in [-0.1, -0.05) is 439 Å². The van der Waals surface area contributed by atoms with Gasteiger partial charge >= 0.3 is 0 Å². The molecule has 0 heteroatoms. The SMILES string of the molecule is CCc1cc(C2CCC(C(C)C)CC2)ccc1Cc1ccc(C)c(Cc2ccccc2C(C)(C)C)c1.CCc1cc(C2CCC(C(C)C)CC2)ccc1Cc1ccc(C)c(Cc2ccccc2C(C)(C)C)c1.CCc1cc(C2CCC(C3CCC(C)CC3)CC2)ccc1Cc1ccc(C)c(Cc2ccccc2C(C)(C)C)c1.CCc1cc(CCCCC2CCCC2)ccc1Cc1ccc(C)c(Cc2ccccc2C(C)(C)C)c1. The molecule has 5 aliphatic rings. The summed E-state index contributed by atoms with van der Waals surface area (Å²) in [6, 6.07) is 94.3. The number of rotatable bonds is 31. The number of hydrogen-bond acceptors (Lipinski definition) is 0. The zero-order chi connectivity index (χ0) is 106. The Morgan fingerprint density at radius 2 is 0.493 bits per heavy atom. The minimum absolute atomic E-state index is 0.160. The zero-order valence-corrected chi connectivity index (χ0v) is 97.9. The molecule has 0 heterocycles. The fourth-order valence-corrected chi connectivity index (χ4v) is 26.9. The second-order valence-electron chi connectivity index (χ2n) is 52.4. The van der Waals surface area contributed by atoms with Crippen molar-refractivity contribution in [2.75, 3.05) is 0 Å². The highest BCUT2D eigenvalue weighted by atomic mass is 14.4. The van der Waals surface area contributed by atoms with Crippen LogP contribution in [0.2, 0.25) is 0 Å². The van der Waals surface area contributed by atoms with Crippen LogP contribution in [0, 0.1) is 75.0 Å². The summed E-state index contributed by atoms with van der Waals surface area (Å²) >= 11 is 0. The van der Waals surface area contributed by atoms with Crippen LogP contribution in [-0.4, -0.2) is 0 Å². The first-order chi connectivity index (χ1) is 70.8. The van der Waals surface area contributed by atoms with Crippen molar-refractivity contribution in [2.45, 2.75) is 444 Å². The molecule has 0 atom stereocenters. The number of hydrogen-bond donors (Lipinski definition) is 0. The fraction of sp³-hybridized carbons (Fsp3) is 0.514. The van der Waals surface area contributed by atoms with Crippen LogP contribution in [0.1, 0.15) is 489 Å². The van der Waals surface area contributed by atoms with Crippen molar-refractivity contribution in [3.63, 3.8) is 0 Å². The largest absolute Gasteiger partial charge is 0.0625 e. The van der Waals surface area contributed by atoms with Crippen molar-refractivity contribution >= 4 is 0 Å². The monoisotopic (exact) mass is 1980 g/mol. The Morgan fingerprint density at radius 3 is 0.777 bits per heavy atom. The van der Waals surface area contributed by atoms with E-state index in [0.717, 1.165) is 142 Å². The normalized spacial score (nSPS) is 19.0. The Morgan fingerprint density at radius 1 is 0.236 bits per heavy atom. The molecule has 0 radical (unpaired) electrons. The van der Waals surface area contributed by atoms with Crippen molar-refractivity contribution in [3.05, 3.63) is 421 Å². The van der Waals surface area contributed by atoms with Gasteiger partial charge in [-0.25, -0.2) is 0 Å². The number of benzene rings is 12. The van der Waals surface area contributed by atoms with E-state index in [0.29, 0.717) is 0 Å². The Labute approximate surface area is 905 Å². The lowest BCUT2D eigenvalue weighted by atomic mass is 9.68. The van der Waals surface area contributed by atoms with E-state index in [1.165, 1.54) is 299 Å². The summed E-state index contributed by atoms with van der Waals surface area (Å²) in [6.07, 6.45) is 46.6. The third kappa shape index (κ3) is 31.9. The molecule has 5 aliphatic carbocycles. The molecule has 0 saturated heterocycles. The molecule has 0 amide bonds. The second-order valence-corrected chi connectivity index (χ2v) is 52.4. The summed E-state index contributed by atoms with van der Waals surface area (Å²) in [6.45, 7) is 58.3. The summed E-state index contributed by atoms with van der Waals surface area (Å²) in [5.74, 6) is 9.83. The van der Waals surface area contributed by atoms with E-state index in [-0.39, 0.29) is 21.7 Å². The molecule has 0 unspecified atom stereocenters. The first-order valence-electron chi connectivity index (χ1n) is 60.0. The van der Waals surface area contributed by atoms with Gasteiger partial charge in [0.25, 0.3) is 0 Å². The maximum Gasteiger partial charge on any atom is -0.00201 e. The minimum Gasteiger partial charge on any atom is -0.0625 e. The average Bonchev–Trinajstić information content (AvgIpc) is 0.836. The summed E-state index contributed by atoms with van der Waals surface area (Å²) in [4.78, 5) is 0. The van der Waals surface area contributed by atoms with Crippen LogP contribution >= 0.6 is 0 Å². The maximum absolute atomic E-state index is 2.58. The number of unbranched alkanes of at least 4 members (excludes halogenated alkanes) is 1. The predicted octanol–water partition coefficient (Wildman–Crippen LogP) is 41.0. The van der Waals surface area contributed by atoms with E-state index in [2.05, 4.69) is 416 Å². The van der Waals surface area contributed by atoms with Crippen LogP contribution in [0.25, 0.3) is 0 Å². The van der Waals surface area contributed by atoms with Crippen molar-refractivity contribution in [3.8, 4) is 0 Å². The van der Waals surface area contributed by atoms with E-state index in [1.54, 1.807) is 33.4 Å². The predicted molar refractivity (Wildman–Crippen MR) is 645 cm³/mol. The highest BCUT2D eigenvalue weighted by Crippen LogP contribution is 2.47. The van der Waals surface area contributed by atoms with Gasteiger partial charge in [0, 0.05) is 0 Å². The molecular formula is C148H198. The Bertz CT molecular complexity index is 6000. The van der Waals surface area contributed by atoms with Gasteiger partial charge in [0.2, 0.25) is 0 Å². The fourth-order valence-electron chi connectivity index (χ4n) is 26.9. The summed E-state index contributed by atoms with van der Waals surface area (Å²) in [5, 5.41) is 0. The van der Waals surface area contributed by atoms with E-state index < -0.39 is 0 Å². The van der Waals surface area contributed by atoms with Gasteiger partial charge < -0.3 is 0 Å². The Kier molecular flexibility index (Phi) is 41.1. The lowest BCUT2D eigenvalue weighted by Crippen LogP contribution is -2.24. The van der Waals surface area contributed by atoms with Crippen molar-refractivity contribution in [1.82, 2.24) is 0 Å². The van der Waals surface area contributed by atoms with Gasteiger partial charge in [0.15, 0.2) is 0 Å². The minimum atomic E-state index is 0.160.